The van der Waals surface area contributed by atoms with E-state index >= 15 is 0 Å². The summed E-state index contributed by atoms with van der Waals surface area (Å²) in [6.45, 7) is 14.5. The summed E-state index contributed by atoms with van der Waals surface area (Å²) in [6, 6.07) is 30.4. The fourth-order valence-electron chi connectivity index (χ4n) is 7.51. The molecule has 364 valence electrons. The fourth-order valence-corrected chi connectivity index (χ4v) is 8.02. The lowest BCUT2D eigenvalue weighted by Crippen LogP contribution is -2.46. The smallest absolute Gasteiger partial charge is 0.407 e. The molecular weight excluding hydrogens is 945 g/mol. The van der Waals surface area contributed by atoms with E-state index in [1.54, 1.807) is 36.4 Å². The number of rotatable bonds is 7. The van der Waals surface area contributed by atoms with Gasteiger partial charge in [0.1, 0.15) is 27.2 Å². The Morgan fingerprint density at radius 1 is 0.580 bits per heavy atom. The highest BCUT2D eigenvalue weighted by Gasteiger charge is 2.27. The van der Waals surface area contributed by atoms with E-state index in [2.05, 4.69) is 46.7 Å². The van der Waals surface area contributed by atoms with Crippen LogP contribution >= 0.6 is 15.9 Å². The molecule has 2 aliphatic heterocycles. The van der Waals surface area contributed by atoms with Gasteiger partial charge in [-0.15, -0.1) is 0 Å². The standard InChI is InChI=1S/C26H30N4O4.C16H11BrN2O2.C10H20N2O2/c1-26(2,3)34-25(32)27-19-12-14-30(15-13-19)23-22(17-8-6-5-7-9-17)28-20-11-10-18(24(31)33-4)16-21(20)29-23;1-21-16(20)11-7-8-12-13(9-11)19-15(17)14(18-12)10-5-3-2-4-6-10;1-10(2,3)14-9(13)12-8-4-6-11-7-5-8/h5-11,16,19H,12-15H2,1-4H3,(H,27,32);2-9H,1H3;8,11H,4-7H2,1-3H3,(H,12,13). The first-order chi connectivity index (χ1) is 32.9. The van der Waals surface area contributed by atoms with Crippen molar-refractivity contribution >= 4 is 67.9 Å². The molecule has 0 atom stereocenters. The zero-order valence-corrected chi connectivity index (χ0v) is 42.0. The van der Waals surface area contributed by atoms with Crippen molar-refractivity contribution in [3.05, 3.63) is 113 Å². The quantitative estimate of drug-likeness (QED) is 0.101. The molecule has 0 unspecified atom stereocenters. The van der Waals surface area contributed by atoms with Gasteiger partial charge in [0.2, 0.25) is 0 Å². The first-order valence-electron chi connectivity index (χ1n) is 22.9. The topological polar surface area (TPSA) is 196 Å². The van der Waals surface area contributed by atoms with Crippen molar-refractivity contribution in [2.45, 2.75) is 90.5 Å². The largest absolute Gasteiger partial charge is 0.465 e. The molecule has 0 saturated carbocycles. The van der Waals surface area contributed by atoms with Crippen LogP contribution < -0.4 is 20.9 Å². The number of esters is 2. The number of hydrogen-bond donors (Lipinski definition) is 3. The SMILES string of the molecule is CC(C)(C)OC(=O)NC1CCNCC1.COC(=O)c1ccc2nc(-c3ccccc3)c(Br)nc2c1.COC(=O)c1ccc2nc(-c3ccccc3)c(N3CCC(NC(=O)OC(C)(C)C)CC3)nc2c1. The summed E-state index contributed by atoms with van der Waals surface area (Å²) in [6.07, 6.45) is 2.80. The molecule has 2 saturated heterocycles. The third-order valence-corrected chi connectivity index (χ3v) is 11.3. The van der Waals surface area contributed by atoms with Gasteiger partial charge in [0.25, 0.3) is 0 Å². The average molecular weight is 1010 g/mol. The molecule has 0 radical (unpaired) electrons. The van der Waals surface area contributed by atoms with Gasteiger partial charge < -0.3 is 39.8 Å². The number of benzene rings is 4. The van der Waals surface area contributed by atoms with E-state index in [4.69, 9.17) is 28.9 Å². The lowest BCUT2D eigenvalue weighted by molar-refractivity contribution is 0.0484. The minimum absolute atomic E-state index is 0.0330. The summed E-state index contributed by atoms with van der Waals surface area (Å²) in [5.74, 6) is -0.0372. The zero-order valence-electron chi connectivity index (χ0n) is 40.4. The van der Waals surface area contributed by atoms with Crippen LogP contribution in [0.3, 0.4) is 0 Å². The van der Waals surface area contributed by atoms with E-state index in [0.717, 1.165) is 72.6 Å². The second-order valence-corrected chi connectivity index (χ2v) is 19.2. The van der Waals surface area contributed by atoms with Crippen molar-refractivity contribution in [3.63, 3.8) is 0 Å². The highest BCUT2D eigenvalue weighted by atomic mass is 79.9. The molecule has 6 aromatic rings. The molecule has 3 N–H and O–H groups in total. The van der Waals surface area contributed by atoms with E-state index in [1.807, 2.05) is 102 Å². The molecule has 69 heavy (non-hydrogen) atoms. The third-order valence-electron chi connectivity index (χ3n) is 10.8. The Kier molecular flexibility index (Phi) is 17.6. The second kappa shape index (κ2) is 23.5. The number of carbonyl (C=O) groups is 4. The predicted molar refractivity (Wildman–Crippen MR) is 270 cm³/mol. The van der Waals surface area contributed by atoms with E-state index in [0.29, 0.717) is 45.4 Å². The van der Waals surface area contributed by atoms with Crippen molar-refractivity contribution in [2.24, 2.45) is 0 Å². The summed E-state index contributed by atoms with van der Waals surface area (Å²) in [7, 11) is 2.71. The zero-order chi connectivity index (χ0) is 49.7. The normalized spacial score (nSPS) is 14.3. The highest BCUT2D eigenvalue weighted by molar-refractivity contribution is 9.10. The van der Waals surface area contributed by atoms with Gasteiger partial charge in [-0.1, -0.05) is 60.7 Å². The molecule has 0 spiro atoms. The van der Waals surface area contributed by atoms with Crippen LogP contribution in [-0.4, -0.2) is 108 Å². The minimum Gasteiger partial charge on any atom is -0.465 e. The molecule has 2 aliphatic rings. The minimum atomic E-state index is -0.529. The van der Waals surface area contributed by atoms with Gasteiger partial charge in [-0.25, -0.2) is 39.1 Å². The second-order valence-electron chi connectivity index (χ2n) is 18.5. The lowest BCUT2D eigenvalue weighted by atomic mass is 10.0. The number of halogens is 1. The van der Waals surface area contributed by atoms with Crippen LogP contribution in [-0.2, 0) is 18.9 Å². The lowest BCUT2D eigenvalue weighted by Gasteiger charge is -2.34. The van der Waals surface area contributed by atoms with Crippen molar-refractivity contribution in [1.82, 2.24) is 35.9 Å². The monoisotopic (exact) mass is 1000 g/mol. The van der Waals surface area contributed by atoms with Gasteiger partial charge in [-0.3, -0.25) is 0 Å². The molecule has 2 aromatic heterocycles. The number of anilines is 1. The van der Waals surface area contributed by atoms with Gasteiger partial charge in [0.05, 0.1) is 47.4 Å². The first kappa shape index (κ1) is 51.7. The molecule has 17 heteroatoms. The summed E-state index contributed by atoms with van der Waals surface area (Å²) < 4.78 is 20.8. The third kappa shape index (κ3) is 15.1. The van der Waals surface area contributed by atoms with Crippen molar-refractivity contribution in [3.8, 4) is 22.5 Å². The van der Waals surface area contributed by atoms with Crippen molar-refractivity contribution in [1.29, 1.82) is 0 Å². The Labute approximate surface area is 411 Å². The first-order valence-corrected chi connectivity index (χ1v) is 23.7. The molecule has 8 rings (SSSR count). The van der Waals surface area contributed by atoms with Crippen molar-refractivity contribution in [2.75, 3.05) is 45.3 Å². The molecule has 0 aliphatic carbocycles. The number of piperidine rings is 2. The summed E-state index contributed by atoms with van der Waals surface area (Å²) >= 11 is 3.44. The number of carbonyl (C=O) groups excluding carboxylic acids is 4. The summed E-state index contributed by atoms with van der Waals surface area (Å²) in [5.41, 5.74) is 6.18. The molecule has 16 nitrogen and oxygen atoms in total. The number of alkyl carbamates (subject to hydrolysis) is 2. The average Bonchev–Trinajstić information content (AvgIpc) is 3.32. The Bertz CT molecular complexity index is 2720. The number of nitrogens with zero attached hydrogens (tertiary/aromatic N) is 5. The molecule has 2 amide bonds. The number of nitrogens with one attached hydrogen (secondary N) is 3. The Hall–Kier alpha value is -6.72. The Morgan fingerprint density at radius 2 is 1.01 bits per heavy atom. The van der Waals surface area contributed by atoms with Crippen LogP contribution in [0, 0.1) is 0 Å². The fraction of sp³-hybridized carbons (Fsp3) is 0.385. The van der Waals surface area contributed by atoms with Gasteiger partial charge in [0, 0.05) is 36.3 Å². The van der Waals surface area contributed by atoms with Gasteiger partial charge >= 0.3 is 24.1 Å². The number of methoxy groups -OCH3 is 2. The predicted octanol–water partition coefficient (Wildman–Crippen LogP) is 9.69. The Balaban J connectivity index is 0.000000189. The van der Waals surface area contributed by atoms with Crippen LogP contribution in [0.2, 0.25) is 0 Å². The summed E-state index contributed by atoms with van der Waals surface area (Å²) in [4.78, 5) is 68.2. The number of aromatic nitrogens is 4. The number of fused-ring (bicyclic) bond motifs is 2. The molecule has 0 bridgehead atoms. The van der Waals surface area contributed by atoms with Crippen LogP contribution in [0.4, 0.5) is 15.4 Å². The maximum absolute atomic E-state index is 12.2. The van der Waals surface area contributed by atoms with E-state index in [9.17, 15) is 19.2 Å². The number of ether oxygens (including phenoxy) is 4. The van der Waals surface area contributed by atoms with Gasteiger partial charge in [-0.2, -0.15) is 0 Å². The van der Waals surface area contributed by atoms with Crippen LogP contribution in [0.15, 0.2) is 102 Å². The highest BCUT2D eigenvalue weighted by Crippen LogP contribution is 2.32. The van der Waals surface area contributed by atoms with Crippen molar-refractivity contribution < 1.29 is 38.1 Å². The van der Waals surface area contributed by atoms with Crippen LogP contribution in [0.5, 0.6) is 0 Å². The van der Waals surface area contributed by atoms with Gasteiger partial charge in [-0.05, 0) is 133 Å². The van der Waals surface area contributed by atoms with E-state index < -0.39 is 23.3 Å². The molecule has 4 heterocycles. The van der Waals surface area contributed by atoms with E-state index in [1.165, 1.54) is 14.2 Å². The van der Waals surface area contributed by atoms with Crippen LogP contribution in [0.1, 0.15) is 87.9 Å². The molecule has 2 fully saturated rings. The molecule has 4 aromatic carbocycles. The Morgan fingerprint density at radius 3 is 1.48 bits per heavy atom. The molecular formula is C52H61BrN8O8. The van der Waals surface area contributed by atoms with Gasteiger partial charge in [0.15, 0.2) is 5.82 Å². The maximum atomic E-state index is 12.2. The number of hydrogen-bond acceptors (Lipinski definition) is 14. The number of amides is 2. The van der Waals surface area contributed by atoms with Crippen LogP contribution in [0.25, 0.3) is 44.6 Å². The van der Waals surface area contributed by atoms with E-state index in [-0.39, 0.29) is 24.1 Å². The maximum Gasteiger partial charge on any atom is 0.407 e. The summed E-state index contributed by atoms with van der Waals surface area (Å²) in [5, 5.41) is 9.09.